The predicted octanol–water partition coefficient (Wildman–Crippen LogP) is 4.17. The number of anilines is 1. The van der Waals surface area contributed by atoms with E-state index in [9.17, 15) is 14.4 Å². The summed E-state index contributed by atoms with van der Waals surface area (Å²) in [6.45, 7) is 5.40. The number of hydrogen-bond donors (Lipinski definition) is 2. The number of nitrogens with zero attached hydrogens (tertiary/aromatic N) is 1. The highest BCUT2D eigenvalue weighted by Gasteiger charge is 2.35. The Kier molecular flexibility index (Phi) is 8.56. The van der Waals surface area contributed by atoms with Crippen LogP contribution in [0.1, 0.15) is 42.9 Å². The number of benzene rings is 3. The second-order valence-electron chi connectivity index (χ2n) is 9.56. The molecule has 0 aromatic heterocycles. The fourth-order valence-electron chi connectivity index (χ4n) is 4.21. The highest BCUT2D eigenvalue weighted by Crippen LogP contribution is 2.27. The van der Waals surface area contributed by atoms with Crippen LogP contribution in [0, 0.1) is 5.92 Å². The van der Waals surface area contributed by atoms with Gasteiger partial charge in [0.05, 0.1) is 5.92 Å². The van der Waals surface area contributed by atoms with Gasteiger partial charge < -0.3 is 20.3 Å². The van der Waals surface area contributed by atoms with E-state index >= 15 is 0 Å². The molecule has 1 heterocycles. The van der Waals surface area contributed by atoms with Crippen LogP contribution in [0.25, 0.3) is 0 Å². The number of carbonyl (C=O) groups is 3. The summed E-state index contributed by atoms with van der Waals surface area (Å²) < 4.78 is 5.57. The molecule has 0 bridgehead atoms. The van der Waals surface area contributed by atoms with E-state index in [1.54, 1.807) is 29.2 Å². The van der Waals surface area contributed by atoms with Gasteiger partial charge in [-0.25, -0.2) is 0 Å². The number of ether oxygens (including phenoxy) is 1. The number of carbonyl (C=O) groups excluding carboxylic acids is 3. The second kappa shape index (κ2) is 12.2. The fraction of sp³-hybridized carbons (Fsp3) is 0.300. The second-order valence-corrected chi connectivity index (χ2v) is 9.56. The van der Waals surface area contributed by atoms with E-state index in [4.69, 9.17) is 4.74 Å². The molecular weight excluding hydrogens is 466 g/mol. The number of amides is 3. The molecule has 7 heteroatoms. The van der Waals surface area contributed by atoms with Crippen molar-refractivity contribution in [1.82, 2.24) is 10.6 Å². The lowest BCUT2D eigenvalue weighted by Crippen LogP contribution is -2.32. The molecule has 1 fully saturated rings. The first kappa shape index (κ1) is 25.9. The number of nitrogens with one attached hydrogen (secondary N) is 2. The third-order valence-electron chi connectivity index (χ3n) is 6.46. The van der Waals surface area contributed by atoms with Gasteiger partial charge in [-0.15, -0.1) is 0 Å². The number of hydrogen-bond acceptors (Lipinski definition) is 4. The zero-order valence-corrected chi connectivity index (χ0v) is 21.3. The molecule has 1 atom stereocenters. The standard InChI is InChI=1S/C30H33N3O4/c1-21(2)24-10-8-23(9-11-24)18-32-30(36)25-16-29(35)33(19-25)26-12-14-27(15-13-26)37-20-28(34)31-17-22-6-4-3-5-7-22/h3-15,21,25H,16-20H2,1-2H3,(H,31,34)(H,32,36)/t25-/m1/s1. The minimum Gasteiger partial charge on any atom is -0.484 e. The quantitative estimate of drug-likeness (QED) is 0.438. The average molecular weight is 500 g/mol. The third-order valence-corrected chi connectivity index (χ3v) is 6.46. The summed E-state index contributed by atoms with van der Waals surface area (Å²) in [6, 6.07) is 24.9. The Morgan fingerprint density at radius 3 is 2.22 bits per heavy atom. The molecule has 192 valence electrons. The van der Waals surface area contributed by atoms with E-state index in [0.717, 1.165) is 11.1 Å². The predicted molar refractivity (Wildman–Crippen MR) is 143 cm³/mol. The Labute approximate surface area is 217 Å². The molecule has 2 N–H and O–H groups in total. The Bertz CT molecular complexity index is 1210. The third kappa shape index (κ3) is 7.19. The van der Waals surface area contributed by atoms with Gasteiger partial charge >= 0.3 is 0 Å². The topological polar surface area (TPSA) is 87.7 Å². The zero-order chi connectivity index (χ0) is 26.2. The van der Waals surface area contributed by atoms with E-state index in [2.05, 4.69) is 36.6 Å². The van der Waals surface area contributed by atoms with Crippen molar-refractivity contribution in [2.75, 3.05) is 18.1 Å². The Morgan fingerprint density at radius 2 is 1.54 bits per heavy atom. The van der Waals surface area contributed by atoms with Crippen molar-refractivity contribution >= 4 is 23.4 Å². The minimum absolute atomic E-state index is 0.0876. The molecular formula is C30H33N3O4. The molecule has 1 saturated heterocycles. The maximum atomic E-state index is 12.7. The first-order valence-electron chi connectivity index (χ1n) is 12.6. The summed E-state index contributed by atoms with van der Waals surface area (Å²) >= 11 is 0. The van der Waals surface area contributed by atoms with Crippen molar-refractivity contribution in [3.63, 3.8) is 0 Å². The lowest BCUT2D eigenvalue weighted by molar-refractivity contribution is -0.126. The smallest absolute Gasteiger partial charge is 0.258 e. The normalized spacial score (nSPS) is 15.1. The van der Waals surface area contributed by atoms with Crippen molar-refractivity contribution in [3.8, 4) is 5.75 Å². The van der Waals surface area contributed by atoms with Crippen LogP contribution in [-0.2, 0) is 27.5 Å². The van der Waals surface area contributed by atoms with Gasteiger partial charge in [0.25, 0.3) is 5.91 Å². The summed E-state index contributed by atoms with van der Waals surface area (Å²) in [5.74, 6) is 0.173. The van der Waals surface area contributed by atoms with E-state index in [1.807, 2.05) is 42.5 Å². The van der Waals surface area contributed by atoms with Crippen molar-refractivity contribution in [3.05, 3.63) is 95.6 Å². The van der Waals surface area contributed by atoms with Crippen molar-refractivity contribution in [2.24, 2.45) is 5.92 Å². The van der Waals surface area contributed by atoms with Gasteiger partial charge in [-0.2, -0.15) is 0 Å². The molecule has 3 aromatic rings. The molecule has 0 radical (unpaired) electrons. The lowest BCUT2D eigenvalue weighted by Gasteiger charge is -2.17. The highest BCUT2D eigenvalue weighted by atomic mass is 16.5. The Balaban J connectivity index is 1.23. The van der Waals surface area contributed by atoms with Gasteiger partial charge in [-0.05, 0) is 46.9 Å². The monoisotopic (exact) mass is 499 g/mol. The van der Waals surface area contributed by atoms with Crippen LogP contribution in [0.3, 0.4) is 0 Å². The summed E-state index contributed by atoms with van der Waals surface area (Å²) in [7, 11) is 0. The first-order valence-corrected chi connectivity index (χ1v) is 12.6. The average Bonchev–Trinajstić information content (AvgIpc) is 3.32. The molecule has 0 saturated carbocycles. The van der Waals surface area contributed by atoms with Gasteiger partial charge in [0.15, 0.2) is 6.61 Å². The maximum Gasteiger partial charge on any atom is 0.258 e. The fourth-order valence-corrected chi connectivity index (χ4v) is 4.21. The van der Waals surface area contributed by atoms with E-state index in [0.29, 0.717) is 37.0 Å². The molecule has 7 nitrogen and oxygen atoms in total. The molecule has 0 aliphatic carbocycles. The zero-order valence-electron chi connectivity index (χ0n) is 21.3. The molecule has 0 unspecified atom stereocenters. The van der Waals surface area contributed by atoms with E-state index in [1.165, 1.54) is 5.56 Å². The van der Waals surface area contributed by atoms with Crippen LogP contribution in [-0.4, -0.2) is 30.9 Å². The largest absolute Gasteiger partial charge is 0.484 e. The number of rotatable bonds is 10. The van der Waals surface area contributed by atoms with Gasteiger partial charge in [-0.1, -0.05) is 68.4 Å². The van der Waals surface area contributed by atoms with E-state index < -0.39 is 5.92 Å². The Morgan fingerprint density at radius 1 is 0.892 bits per heavy atom. The molecule has 3 aromatic carbocycles. The van der Waals surface area contributed by atoms with Crippen LogP contribution >= 0.6 is 0 Å². The lowest BCUT2D eigenvalue weighted by atomic mass is 10.0. The van der Waals surface area contributed by atoms with Crippen LogP contribution in [0.15, 0.2) is 78.9 Å². The molecule has 4 rings (SSSR count). The SMILES string of the molecule is CC(C)c1ccc(CNC(=O)[C@@H]2CC(=O)N(c3ccc(OCC(=O)NCc4ccccc4)cc3)C2)cc1. The van der Waals surface area contributed by atoms with Crippen molar-refractivity contribution < 1.29 is 19.1 Å². The highest BCUT2D eigenvalue weighted by molar-refractivity contribution is 6.00. The maximum absolute atomic E-state index is 12.7. The molecule has 37 heavy (non-hydrogen) atoms. The van der Waals surface area contributed by atoms with E-state index in [-0.39, 0.29) is 30.7 Å². The molecule has 1 aliphatic rings. The summed E-state index contributed by atoms with van der Waals surface area (Å²) in [6.07, 6.45) is 0.179. The molecule has 3 amide bonds. The van der Waals surface area contributed by atoms with Crippen molar-refractivity contribution in [2.45, 2.75) is 39.3 Å². The summed E-state index contributed by atoms with van der Waals surface area (Å²) in [5.41, 5.74) is 4.01. The summed E-state index contributed by atoms with van der Waals surface area (Å²) in [5, 5.41) is 5.78. The van der Waals surface area contributed by atoms with Crippen molar-refractivity contribution in [1.29, 1.82) is 0 Å². The van der Waals surface area contributed by atoms with Crippen LogP contribution in [0.2, 0.25) is 0 Å². The van der Waals surface area contributed by atoms with Crippen LogP contribution in [0.5, 0.6) is 5.75 Å². The summed E-state index contributed by atoms with van der Waals surface area (Å²) in [4.78, 5) is 39.0. The molecule has 1 aliphatic heterocycles. The Hall–Kier alpha value is -4.13. The molecule has 0 spiro atoms. The van der Waals surface area contributed by atoms with Gasteiger partial charge in [0.2, 0.25) is 11.8 Å². The van der Waals surface area contributed by atoms with Gasteiger partial charge in [0, 0.05) is 31.7 Å². The van der Waals surface area contributed by atoms with Crippen LogP contribution in [0.4, 0.5) is 5.69 Å². The van der Waals surface area contributed by atoms with Crippen LogP contribution < -0.4 is 20.3 Å². The first-order chi connectivity index (χ1) is 17.9. The minimum atomic E-state index is -0.397. The van der Waals surface area contributed by atoms with Gasteiger partial charge in [0.1, 0.15) is 5.75 Å². The van der Waals surface area contributed by atoms with Gasteiger partial charge in [-0.3, -0.25) is 14.4 Å².